The SMILES string of the molecule is COc1cc(Cl)cc(C(=O)O)c1OCc1ccccc1C. The largest absolute Gasteiger partial charge is 0.493 e. The zero-order valence-electron chi connectivity index (χ0n) is 11.7. The molecule has 0 saturated carbocycles. The third-order valence-corrected chi connectivity index (χ3v) is 3.32. The number of hydrogen-bond acceptors (Lipinski definition) is 3. The highest BCUT2D eigenvalue weighted by molar-refractivity contribution is 6.31. The van der Waals surface area contributed by atoms with Gasteiger partial charge in [0.05, 0.1) is 7.11 Å². The maximum absolute atomic E-state index is 11.3. The van der Waals surface area contributed by atoms with Gasteiger partial charge in [0, 0.05) is 11.1 Å². The minimum Gasteiger partial charge on any atom is -0.493 e. The number of carboxylic acids is 1. The van der Waals surface area contributed by atoms with E-state index in [0.29, 0.717) is 5.75 Å². The van der Waals surface area contributed by atoms with Crippen LogP contribution in [-0.4, -0.2) is 18.2 Å². The van der Waals surface area contributed by atoms with Crippen molar-refractivity contribution in [1.82, 2.24) is 0 Å². The number of carbonyl (C=O) groups is 1. The number of rotatable bonds is 5. The lowest BCUT2D eigenvalue weighted by molar-refractivity contribution is 0.0691. The predicted molar refractivity (Wildman–Crippen MR) is 80.5 cm³/mol. The van der Waals surface area contributed by atoms with Gasteiger partial charge in [-0.25, -0.2) is 4.79 Å². The minimum absolute atomic E-state index is 0.0204. The van der Waals surface area contributed by atoms with E-state index < -0.39 is 5.97 Å². The van der Waals surface area contributed by atoms with Crippen LogP contribution >= 0.6 is 11.6 Å². The molecule has 0 aliphatic heterocycles. The number of carboxylic acid groups (broad SMARTS) is 1. The Morgan fingerprint density at radius 1 is 1.29 bits per heavy atom. The average molecular weight is 307 g/mol. The van der Waals surface area contributed by atoms with Gasteiger partial charge in [-0.2, -0.15) is 0 Å². The molecule has 0 amide bonds. The number of methoxy groups -OCH3 is 1. The minimum atomic E-state index is -1.12. The number of benzene rings is 2. The molecule has 0 fully saturated rings. The molecule has 4 nitrogen and oxygen atoms in total. The van der Waals surface area contributed by atoms with E-state index in [1.54, 1.807) is 0 Å². The zero-order chi connectivity index (χ0) is 15.4. The fourth-order valence-corrected chi connectivity index (χ4v) is 2.16. The zero-order valence-corrected chi connectivity index (χ0v) is 12.5. The van der Waals surface area contributed by atoms with Crippen LogP contribution in [0, 0.1) is 6.92 Å². The Kier molecular flexibility index (Phi) is 4.70. The second kappa shape index (κ2) is 6.50. The number of aryl methyl sites for hydroxylation is 1. The molecule has 0 aliphatic rings. The second-order valence-corrected chi connectivity index (χ2v) is 4.94. The Balaban J connectivity index is 2.34. The van der Waals surface area contributed by atoms with Gasteiger partial charge in [0.25, 0.3) is 0 Å². The molecule has 0 unspecified atom stereocenters. The van der Waals surface area contributed by atoms with Gasteiger partial charge in [-0.05, 0) is 24.1 Å². The molecular weight excluding hydrogens is 292 g/mol. The van der Waals surface area contributed by atoms with E-state index >= 15 is 0 Å². The first-order chi connectivity index (χ1) is 10.0. The molecular formula is C16H15ClO4. The third-order valence-electron chi connectivity index (χ3n) is 3.10. The summed E-state index contributed by atoms with van der Waals surface area (Å²) in [5, 5.41) is 9.55. The summed E-state index contributed by atoms with van der Waals surface area (Å²) in [6.45, 7) is 2.22. The van der Waals surface area contributed by atoms with Crippen molar-refractivity contribution in [2.24, 2.45) is 0 Å². The van der Waals surface area contributed by atoms with E-state index in [1.807, 2.05) is 31.2 Å². The maximum Gasteiger partial charge on any atom is 0.339 e. The summed E-state index contributed by atoms with van der Waals surface area (Å²) < 4.78 is 10.8. The van der Waals surface area contributed by atoms with E-state index in [2.05, 4.69) is 0 Å². The van der Waals surface area contributed by atoms with Crippen molar-refractivity contribution in [3.63, 3.8) is 0 Å². The van der Waals surface area contributed by atoms with Crippen molar-refractivity contribution in [2.75, 3.05) is 7.11 Å². The fourth-order valence-electron chi connectivity index (χ4n) is 1.95. The standard InChI is InChI=1S/C16H15ClO4/c1-10-5-3-4-6-11(10)9-21-15-13(16(18)19)7-12(17)8-14(15)20-2/h3-8H,9H2,1-2H3,(H,18,19). The number of aromatic carboxylic acids is 1. The average Bonchev–Trinajstić information content (AvgIpc) is 2.46. The molecule has 21 heavy (non-hydrogen) atoms. The van der Waals surface area contributed by atoms with E-state index in [0.717, 1.165) is 11.1 Å². The predicted octanol–water partition coefficient (Wildman–Crippen LogP) is 3.93. The molecule has 0 aromatic heterocycles. The van der Waals surface area contributed by atoms with Crippen molar-refractivity contribution < 1.29 is 19.4 Å². The Hall–Kier alpha value is -2.20. The topological polar surface area (TPSA) is 55.8 Å². The lowest BCUT2D eigenvalue weighted by Crippen LogP contribution is -2.06. The molecule has 0 heterocycles. The lowest BCUT2D eigenvalue weighted by Gasteiger charge is -2.14. The summed E-state index contributed by atoms with van der Waals surface area (Å²) >= 11 is 5.89. The molecule has 5 heteroatoms. The Labute approximate surface area is 127 Å². The van der Waals surface area contributed by atoms with Gasteiger partial charge in [0.15, 0.2) is 11.5 Å². The first kappa shape index (κ1) is 15.2. The highest BCUT2D eigenvalue weighted by Gasteiger charge is 2.18. The molecule has 0 bridgehead atoms. The fraction of sp³-hybridized carbons (Fsp3) is 0.188. The van der Waals surface area contributed by atoms with Gasteiger partial charge in [-0.3, -0.25) is 0 Å². The summed E-state index contributed by atoms with van der Waals surface area (Å²) in [5.41, 5.74) is 2.03. The lowest BCUT2D eigenvalue weighted by atomic mass is 10.1. The molecule has 0 radical (unpaired) electrons. The maximum atomic E-state index is 11.3. The first-order valence-corrected chi connectivity index (χ1v) is 6.69. The van der Waals surface area contributed by atoms with Gasteiger partial charge >= 0.3 is 5.97 Å². The van der Waals surface area contributed by atoms with Gasteiger partial charge in [0.2, 0.25) is 0 Å². The van der Waals surface area contributed by atoms with Crippen LogP contribution in [0.4, 0.5) is 0 Å². The molecule has 0 saturated heterocycles. The van der Waals surface area contributed by atoms with Gasteiger partial charge < -0.3 is 14.6 Å². The molecule has 2 aromatic carbocycles. The second-order valence-electron chi connectivity index (χ2n) is 4.51. The highest BCUT2D eigenvalue weighted by Crippen LogP contribution is 2.35. The Bertz CT molecular complexity index is 667. The van der Waals surface area contributed by atoms with Crippen LogP contribution in [-0.2, 0) is 6.61 Å². The number of halogens is 1. The quantitative estimate of drug-likeness (QED) is 0.909. The number of hydrogen-bond donors (Lipinski definition) is 1. The summed E-state index contributed by atoms with van der Waals surface area (Å²) in [6, 6.07) is 10.6. The number of ether oxygens (including phenoxy) is 2. The van der Waals surface area contributed by atoms with Crippen molar-refractivity contribution in [3.8, 4) is 11.5 Å². The van der Waals surface area contributed by atoms with Crippen LogP contribution in [0.1, 0.15) is 21.5 Å². The Morgan fingerprint density at radius 3 is 2.62 bits per heavy atom. The van der Waals surface area contributed by atoms with Crippen molar-refractivity contribution in [3.05, 3.63) is 58.1 Å². The monoisotopic (exact) mass is 306 g/mol. The first-order valence-electron chi connectivity index (χ1n) is 6.31. The van der Waals surface area contributed by atoms with Crippen LogP contribution in [0.15, 0.2) is 36.4 Å². The third kappa shape index (κ3) is 3.47. The normalized spacial score (nSPS) is 10.2. The van der Waals surface area contributed by atoms with Crippen molar-refractivity contribution in [2.45, 2.75) is 13.5 Å². The van der Waals surface area contributed by atoms with E-state index in [-0.39, 0.29) is 22.9 Å². The molecule has 0 aliphatic carbocycles. The van der Waals surface area contributed by atoms with Crippen molar-refractivity contribution in [1.29, 1.82) is 0 Å². The van der Waals surface area contributed by atoms with E-state index in [1.165, 1.54) is 19.2 Å². The van der Waals surface area contributed by atoms with Crippen LogP contribution in [0.3, 0.4) is 0 Å². The molecule has 110 valence electrons. The molecule has 1 N–H and O–H groups in total. The molecule has 2 rings (SSSR count). The molecule has 0 spiro atoms. The highest BCUT2D eigenvalue weighted by atomic mass is 35.5. The van der Waals surface area contributed by atoms with E-state index in [4.69, 9.17) is 21.1 Å². The van der Waals surface area contributed by atoms with E-state index in [9.17, 15) is 9.90 Å². The van der Waals surface area contributed by atoms with Gasteiger partial charge in [-0.1, -0.05) is 35.9 Å². The summed E-state index contributed by atoms with van der Waals surface area (Å²) in [4.78, 5) is 11.3. The van der Waals surface area contributed by atoms with Crippen LogP contribution in [0.25, 0.3) is 0 Å². The summed E-state index contributed by atoms with van der Waals surface area (Å²) in [5.74, 6) is -0.637. The molecule has 0 atom stereocenters. The van der Waals surface area contributed by atoms with Crippen LogP contribution in [0.5, 0.6) is 11.5 Å². The summed E-state index contributed by atoms with van der Waals surface area (Å²) in [6.07, 6.45) is 0. The van der Waals surface area contributed by atoms with Crippen molar-refractivity contribution >= 4 is 17.6 Å². The summed E-state index contributed by atoms with van der Waals surface area (Å²) in [7, 11) is 1.44. The Morgan fingerprint density at radius 2 is 2.00 bits per heavy atom. The molecule has 2 aromatic rings. The van der Waals surface area contributed by atoms with Crippen LogP contribution < -0.4 is 9.47 Å². The van der Waals surface area contributed by atoms with Crippen LogP contribution in [0.2, 0.25) is 5.02 Å². The van der Waals surface area contributed by atoms with Gasteiger partial charge in [-0.15, -0.1) is 0 Å². The smallest absolute Gasteiger partial charge is 0.339 e. The van der Waals surface area contributed by atoms with Gasteiger partial charge in [0.1, 0.15) is 12.2 Å².